The van der Waals surface area contributed by atoms with Gasteiger partial charge in [-0.25, -0.2) is 4.98 Å². The lowest BCUT2D eigenvalue weighted by molar-refractivity contribution is -0.138. The predicted molar refractivity (Wildman–Crippen MR) is 187 cm³/mol. The highest BCUT2D eigenvalue weighted by molar-refractivity contribution is 6.28. The molecule has 1 aromatic heterocycles. The number of halogens is 3. The Morgan fingerprint density at radius 2 is 1.15 bits per heavy atom. The van der Waals surface area contributed by atoms with Crippen LogP contribution in [0.1, 0.15) is 23.7 Å². The van der Waals surface area contributed by atoms with Crippen molar-refractivity contribution >= 4 is 27.6 Å². The zero-order valence-corrected chi connectivity index (χ0v) is 25.6. The number of rotatable bonds is 3. The standard InChI is InChI=1S/C43H28F3N/c1-25-19-22-36-34(23-25)35(43(44,45)46)24-37(47-36)28-20-21-33-40-29(28)17-10-18-32(40)41-38(26-11-4-2-5-12-26)30-15-8-9-16-31(30)39(42(33)41)27-13-6-3-7-14-27/h2-22,24-25H,23H2,1H3. The number of allylic oxidation sites excluding steroid dienone is 1. The van der Waals surface area contributed by atoms with Crippen molar-refractivity contribution in [1.29, 1.82) is 0 Å². The monoisotopic (exact) mass is 615 g/mol. The first kappa shape index (κ1) is 27.8. The molecule has 0 bridgehead atoms. The van der Waals surface area contributed by atoms with Crippen molar-refractivity contribution in [3.05, 3.63) is 144 Å². The van der Waals surface area contributed by atoms with E-state index in [0.717, 1.165) is 66.1 Å². The van der Waals surface area contributed by atoms with Gasteiger partial charge in [-0.2, -0.15) is 13.2 Å². The Morgan fingerprint density at radius 3 is 1.77 bits per heavy atom. The van der Waals surface area contributed by atoms with Gasteiger partial charge in [0.1, 0.15) is 0 Å². The normalized spacial score (nSPS) is 14.9. The molecule has 7 aromatic rings. The Kier molecular flexibility index (Phi) is 6.07. The van der Waals surface area contributed by atoms with E-state index in [4.69, 9.17) is 4.98 Å². The maximum absolute atomic E-state index is 14.5. The van der Waals surface area contributed by atoms with Crippen LogP contribution in [0.3, 0.4) is 0 Å². The van der Waals surface area contributed by atoms with Crippen LogP contribution < -0.4 is 0 Å². The summed E-state index contributed by atoms with van der Waals surface area (Å²) in [5, 5.41) is 4.26. The van der Waals surface area contributed by atoms with E-state index in [1.54, 1.807) is 6.08 Å². The third-order valence-electron chi connectivity index (χ3n) is 9.77. The highest BCUT2D eigenvalue weighted by atomic mass is 19.4. The van der Waals surface area contributed by atoms with Crippen molar-refractivity contribution in [2.45, 2.75) is 19.5 Å². The van der Waals surface area contributed by atoms with Crippen LogP contribution in [0, 0.1) is 5.92 Å². The van der Waals surface area contributed by atoms with E-state index < -0.39 is 11.7 Å². The summed E-state index contributed by atoms with van der Waals surface area (Å²) in [4.78, 5) is 4.86. The number of benzene rings is 6. The Labute approximate surface area is 270 Å². The second-order valence-corrected chi connectivity index (χ2v) is 12.6. The maximum Gasteiger partial charge on any atom is 0.416 e. The summed E-state index contributed by atoms with van der Waals surface area (Å²) >= 11 is 0. The summed E-state index contributed by atoms with van der Waals surface area (Å²) in [5.41, 5.74) is 10.2. The molecule has 0 saturated heterocycles. The average Bonchev–Trinajstić information content (AvgIpc) is 3.42. The van der Waals surface area contributed by atoms with Crippen LogP contribution >= 0.6 is 0 Å². The molecule has 0 radical (unpaired) electrons. The summed E-state index contributed by atoms with van der Waals surface area (Å²) in [6.07, 6.45) is -0.454. The first-order chi connectivity index (χ1) is 22.9. The topological polar surface area (TPSA) is 12.9 Å². The van der Waals surface area contributed by atoms with Crippen molar-refractivity contribution in [2.24, 2.45) is 5.92 Å². The van der Waals surface area contributed by atoms with Gasteiger partial charge in [-0.1, -0.05) is 128 Å². The van der Waals surface area contributed by atoms with Gasteiger partial charge < -0.3 is 0 Å². The number of pyridine rings is 1. The summed E-state index contributed by atoms with van der Waals surface area (Å²) in [7, 11) is 0. The van der Waals surface area contributed by atoms with E-state index in [1.165, 1.54) is 6.07 Å². The predicted octanol–water partition coefficient (Wildman–Crippen LogP) is 12.3. The molecule has 0 N–H and O–H groups in total. The van der Waals surface area contributed by atoms with Crippen molar-refractivity contribution in [3.63, 3.8) is 0 Å². The molecular formula is C43H28F3N. The molecule has 6 aromatic carbocycles. The average molecular weight is 616 g/mol. The molecule has 0 amide bonds. The molecule has 47 heavy (non-hydrogen) atoms. The fourth-order valence-corrected chi connectivity index (χ4v) is 7.81. The number of aromatic nitrogens is 1. The molecule has 9 rings (SSSR count). The van der Waals surface area contributed by atoms with Crippen molar-refractivity contribution < 1.29 is 13.2 Å². The van der Waals surface area contributed by atoms with Gasteiger partial charge in [-0.3, -0.25) is 0 Å². The van der Waals surface area contributed by atoms with Gasteiger partial charge in [-0.15, -0.1) is 0 Å². The van der Waals surface area contributed by atoms with Crippen molar-refractivity contribution in [1.82, 2.24) is 4.98 Å². The van der Waals surface area contributed by atoms with Gasteiger partial charge in [0, 0.05) is 5.56 Å². The quantitative estimate of drug-likeness (QED) is 0.193. The minimum atomic E-state index is -4.48. The molecule has 0 fully saturated rings. The van der Waals surface area contributed by atoms with E-state index in [0.29, 0.717) is 23.4 Å². The first-order valence-corrected chi connectivity index (χ1v) is 15.9. The summed E-state index contributed by atoms with van der Waals surface area (Å²) in [5.74, 6) is 0.0275. The van der Waals surface area contributed by atoms with Gasteiger partial charge in [0.15, 0.2) is 0 Å². The van der Waals surface area contributed by atoms with Crippen LogP contribution in [0.4, 0.5) is 13.2 Å². The lowest BCUT2D eigenvalue weighted by Gasteiger charge is -2.22. The molecule has 1 unspecified atom stereocenters. The SMILES string of the molecule is CC1C=Cc2nc(-c3ccc4c5c(cccc35)-c3c-4c(-c4ccccc4)c4ccccc4c3-c3ccccc3)cc(C(F)(F)F)c2C1. The zero-order chi connectivity index (χ0) is 31.9. The number of nitrogens with zero attached hydrogens (tertiary/aromatic N) is 1. The molecule has 0 spiro atoms. The number of hydrogen-bond donors (Lipinski definition) is 0. The highest BCUT2D eigenvalue weighted by Gasteiger charge is 2.37. The minimum absolute atomic E-state index is 0.0275. The minimum Gasteiger partial charge on any atom is -0.248 e. The Bertz CT molecular complexity index is 2330. The summed E-state index contributed by atoms with van der Waals surface area (Å²) in [6, 6.07) is 41.1. The molecule has 0 aliphatic heterocycles. The molecule has 2 aliphatic carbocycles. The molecule has 2 aliphatic rings. The second-order valence-electron chi connectivity index (χ2n) is 12.6. The van der Waals surface area contributed by atoms with Gasteiger partial charge in [0.2, 0.25) is 0 Å². The maximum atomic E-state index is 14.5. The lowest BCUT2D eigenvalue weighted by atomic mass is 9.82. The molecule has 1 nitrogen and oxygen atoms in total. The van der Waals surface area contributed by atoms with Gasteiger partial charge in [0.25, 0.3) is 0 Å². The van der Waals surface area contributed by atoms with E-state index >= 15 is 0 Å². The van der Waals surface area contributed by atoms with Gasteiger partial charge in [0.05, 0.1) is 17.0 Å². The summed E-state index contributed by atoms with van der Waals surface area (Å²) in [6.45, 7) is 1.94. The van der Waals surface area contributed by atoms with Crippen molar-refractivity contribution in [3.8, 4) is 55.8 Å². The van der Waals surface area contributed by atoms with Crippen LogP contribution in [-0.2, 0) is 12.6 Å². The van der Waals surface area contributed by atoms with E-state index in [2.05, 4.69) is 84.9 Å². The molecule has 1 heterocycles. The summed E-state index contributed by atoms with van der Waals surface area (Å²) < 4.78 is 43.6. The third kappa shape index (κ3) is 4.21. The lowest BCUT2D eigenvalue weighted by Crippen LogP contribution is -2.16. The molecule has 1 atom stereocenters. The van der Waals surface area contributed by atoms with Crippen LogP contribution in [0.15, 0.2) is 127 Å². The van der Waals surface area contributed by atoms with Gasteiger partial charge in [-0.05, 0) is 96.1 Å². The van der Waals surface area contributed by atoms with Crippen molar-refractivity contribution in [2.75, 3.05) is 0 Å². The third-order valence-corrected chi connectivity index (χ3v) is 9.77. The number of alkyl halides is 3. The second kappa shape index (κ2) is 10.3. The fraction of sp³-hybridized carbons (Fsp3) is 0.0930. The smallest absolute Gasteiger partial charge is 0.248 e. The first-order valence-electron chi connectivity index (χ1n) is 15.9. The molecule has 226 valence electrons. The fourth-order valence-electron chi connectivity index (χ4n) is 7.81. The largest absolute Gasteiger partial charge is 0.416 e. The number of fused-ring (bicyclic) bond motifs is 5. The van der Waals surface area contributed by atoms with Crippen LogP contribution in [0.2, 0.25) is 0 Å². The van der Waals surface area contributed by atoms with E-state index in [-0.39, 0.29) is 11.5 Å². The molecular weight excluding hydrogens is 587 g/mol. The Balaban J connectivity index is 1.39. The molecule has 0 saturated carbocycles. The molecule has 4 heteroatoms. The van der Waals surface area contributed by atoms with Crippen LogP contribution in [-0.4, -0.2) is 4.98 Å². The van der Waals surface area contributed by atoms with E-state index in [1.807, 2.05) is 43.3 Å². The number of hydrogen-bond acceptors (Lipinski definition) is 1. The highest BCUT2D eigenvalue weighted by Crippen LogP contribution is 2.58. The van der Waals surface area contributed by atoms with Crippen LogP contribution in [0.25, 0.3) is 83.4 Å². The zero-order valence-electron chi connectivity index (χ0n) is 25.6. The van der Waals surface area contributed by atoms with E-state index in [9.17, 15) is 13.2 Å². The van der Waals surface area contributed by atoms with Gasteiger partial charge >= 0.3 is 6.18 Å². The Hall–Kier alpha value is -5.48. The Morgan fingerprint density at radius 1 is 0.596 bits per heavy atom. The van der Waals surface area contributed by atoms with Crippen LogP contribution in [0.5, 0.6) is 0 Å².